The second kappa shape index (κ2) is 12.4. The van der Waals surface area contributed by atoms with E-state index in [1.54, 1.807) is 17.0 Å². The van der Waals surface area contributed by atoms with Gasteiger partial charge < -0.3 is 4.90 Å². The van der Waals surface area contributed by atoms with Gasteiger partial charge >= 0.3 is 0 Å². The van der Waals surface area contributed by atoms with E-state index in [0.29, 0.717) is 18.7 Å². The molecule has 2 unspecified atom stereocenters. The van der Waals surface area contributed by atoms with Crippen LogP contribution in [0.4, 0.5) is 10.1 Å². The second-order valence-electron chi connectivity index (χ2n) is 9.53. The Morgan fingerprint density at radius 1 is 0.838 bits per heavy atom. The minimum atomic E-state index is -0.373. The highest BCUT2D eigenvalue weighted by molar-refractivity contribution is 5.97. The fourth-order valence-electron chi connectivity index (χ4n) is 4.64. The Morgan fingerprint density at radius 3 is 2.05 bits per heavy atom. The summed E-state index contributed by atoms with van der Waals surface area (Å²) in [7, 11) is 3.83. The molecule has 0 bridgehead atoms. The molecule has 0 saturated carbocycles. The Morgan fingerprint density at radius 2 is 1.49 bits per heavy atom. The van der Waals surface area contributed by atoms with Gasteiger partial charge in [-0.1, -0.05) is 73.7 Å². The molecule has 4 rings (SSSR count). The highest BCUT2D eigenvalue weighted by atomic mass is 19.1. The molecule has 0 radical (unpaired) electrons. The number of nitrogens with zero attached hydrogens (tertiary/aromatic N) is 3. The van der Waals surface area contributed by atoms with Gasteiger partial charge in [0.15, 0.2) is 0 Å². The number of hydrogen-bond acceptors (Lipinski definition) is 3. The normalized spacial score (nSPS) is 12.8. The SMILES string of the molecule is CCC(c1ccccc1)c1ccc(CN(C(=O)C(Cc2ccccc2)N(C)C)c2ccc(F)cc2)cn1. The van der Waals surface area contributed by atoms with E-state index in [2.05, 4.69) is 37.3 Å². The Balaban J connectivity index is 1.61. The molecule has 0 aliphatic carbocycles. The minimum absolute atomic E-state index is 0.0414. The van der Waals surface area contributed by atoms with Crippen molar-refractivity contribution in [1.82, 2.24) is 9.88 Å². The number of carbonyl (C=O) groups excluding carboxylic acids is 1. The molecule has 0 N–H and O–H groups in total. The number of carbonyl (C=O) groups is 1. The van der Waals surface area contributed by atoms with Gasteiger partial charge in [-0.2, -0.15) is 0 Å². The van der Waals surface area contributed by atoms with Crippen molar-refractivity contribution < 1.29 is 9.18 Å². The largest absolute Gasteiger partial charge is 0.307 e. The van der Waals surface area contributed by atoms with E-state index in [1.165, 1.54) is 17.7 Å². The number of pyridine rings is 1. The molecule has 1 heterocycles. The highest BCUT2D eigenvalue weighted by Crippen LogP contribution is 2.27. The van der Waals surface area contributed by atoms with Gasteiger partial charge in [0.1, 0.15) is 5.82 Å². The number of halogens is 1. The number of benzene rings is 3. The van der Waals surface area contributed by atoms with Crippen LogP contribution in [0.1, 0.15) is 41.6 Å². The lowest BCUT2D eigenvalue weighted by Gasteiger charge is -2.31. The molecule has 0 fully saturated rings. The molecular formula is C32H34FN3O. The van der Waals surface area contributed by atoms with Gasteiger partial charge in [0.2, 0.25) is 5.91 Å². The topological polar surface area (TPSA) is 36.4 Å². The first-order valence-electron chi connectivity index (χ1n) is 12.7. The average molecular weight is 496 g/mol. The van der Waals surface area contributed by atoms with Gasteiger partial charge in [0.25, 0.3) is 0 Å². The Labute approximate surface area is 219 Å². The summed E-state index contributed by atoms with van der Waals surface area (Å²) >= 11 is 0. The maximum atomic E-state index is 14.0. The number of aromatic nitrogens is 1. The van der Waals surface area contributed by atoms with Gasteiger partial charge in [-0.3, -0.25) is 14.7 Å². The third-order valence-corrected chi connectivity index (χ3v) is 6.74. The van der Waals surface area contributed by atoms with E-state index >= 15 is 0 Å². The van der Waals surface area contributed by atoms with Crippen LogP contribution < -0.4 is 4.90 Å². The van der Waals surface area contributed by atoms with Crippen molar-refractivity contribution >= 4 is 11.6 Å². The maximum Gasteiger partial charge on any atom is 0.244 e. The fourth-order valence-corrected chi connectivity index (χ4v) is 4.64. The summed E-state index contributed by atoms with van der Waals surface area (Å²) in [5.74, 6) is -0.156. The van der Waals surface area contributed by atoms with E-state index in [9.17, 15) is 9.18 Å². The van der Waals surface area contributed by atoms with Crippen LogP contribution in [0.3, 0.4) is 0 Å². The van der Waals surface area contributed by atoms with Crippen LogP contribution in [0.25, 0.3) is 0 Å². The third kappa shape index (κ3) is 6.69. The first-order valence-corrected chi connectivity index (χ1v) is 12.7. The molecule has 0 saturated heterocycles. The predicted molar refractivity (Wildman–Crippen MR) is 148 cm³/mol. The van der Waals surface area contributed by atoms with Crippen molar-refractivity contribution in [3.05, 3.63) is 131 Å². The number of amides is 1. The van der Waals surface area contributed by atoms with Crippen LogP contribution in [-0.4, -0.2) is 35.9 Å². The van der Waals surface area contributed by atoms with E-state index in [-0.39, 0.29) is 23.7 Å². The first kappa shape index (κ1) is 26.2. The van der Waals surface area contributed by atoms with Crippen LogP contribution in [0.2, 0.25) is 0 Å². The van der Waals surface area contributed by atoms with Gasteiger partial charge in [-0.15, -0.1) is 0 Å². The van der Waals surface area contributed by atoms with E-state index in [4.69, 9.17) is 4.98 Å². The van der Waals surface area contributed by atoms with Gasteiger partial charge in [-0.25, -0.2) is 4.39 Å². The van der Waals surface area contributed by atoms with Crippen molar-refractivity contribution in [2.45, 2.75) is 38.3 Å². The zero-order chi connectivity index (χ0) is 26.2. The highest BCUT2D eigenvalue weighted by Gasteiger charge is 2.28. The predicted octanol–water partition coefficient (Wildman–Crippen LogP) is 6.47. The molecule has 37 heavy (non-hydrogen) atoms. The van der Waals surface area contributed by atoms with E-state index in [0.717, 1.165) is 23.2 Å². The lowest BCUT2D eigenvalue weighted by atomic mass is 9.92. The number of hydrogen-bond donors (Lipinski definition) is 0. The second-order valence-corrected chi connectivity index (χ2v) is 9.53. The summed E-state index contributed by atoms with van der Waals surface area (Å²) in [6.07, 6.45) is 3.38. The molecular weight excluding hydrogens is 461 g/mol. The molecule has 0 spiro atoms. The van der Waals surface area contributed by atoms with Crippen LogP contribution in [0.5, 0.6) is 0 Å². The lowest BCUT2D eigenvalue weighted by molar-refractivity contribution is -0.123. The Hall–Kier alpha value is -3.83. The molecule has 0 aliphatic rings. The molecule has 190 valence electrons. The number of rotatable bonds is 10. The molecule has 5 heteroatoms. The Bertz CT molecular complexity index is 1260. The standard InChI is InChI=1S/C32H34FN3O/c1-4-29(26-13-9-6-10-14-26)30-20-15-25(22-34-30)23-36(28-18-16-27(33)17-19-28)32(37)31(35(2)3)21-24-11-7-5-8-12-24/h5-20,22,29,31H,4,21,23H2,1-3H3. The van der Waals surface area contributed by atoms with E-state index in [1.807, 2.05) is 67.7 Å². The minimum Gasteiger partial charge on any atom is -0.307 e. The Kier molecular flexibility index (Phi) is 8.81. The third-order valence-electron chi connectivity index (χ3n) is 6.74. The van der Waals surface area contributed by atoms with Crippen LogP contribution >= 0.6 is 0 Å². The molecule has 1 aromatic heterocycles. The first-order chi connectivity index (χ1) is 18.0. The maximum absolute atomic E-state index is 14.0. The molecule has 2 atom stereocenters. The molecule has 1 amide bonds. The van der Waals surface area contributed by atoms with Crippen LogP contribution in [-0.2, 0) is 17.8 Å². The molecule has 3 aromatic carbocycles. The quantitative estimate of drug-likeness (QED) is 0.253. The van der Waals surface area contributed by atoms with E-state index < -0.39 is 0 Å². The summed E-state index contributed by atoms with van der Waals surface area (Å²) in [4.78, 5) is 22.4. The van der Waals surface area contributed by atoms with Crippen molar-refractivity contribution in [3.8, 4) is 0 Å². The van der Waals surface area contributed by atoms with Gasteiger partial charge in [-0.05, 0) is 74.0 Å². The van der Waals surface area contributed by atoms with Gasteiger partial charge in [0, 0.05) is 23.5 Å². The van der Waals surface area contributed by atoms with Crippen LogP contribution in [0.15, 0.2) is 103 Å². The molecule has 4 aromatic rings. The zero-order valence-corrected chi connectivity index (χ0v) is 21.7. The van der Waals surface area contributed by atoms with Crippen molar-refractivity contribution in [3.63, 3.8) is 0 Å². The lowest BCUT2D eigenvalue weighted by Crippen LogP contribution is -2.47. The van der Waals surface area contributed by atoms with Crippen molar-refractivity contribution in [2.75, 3.05) is 19.0 Å². The summed E-state index contributed by atoms with van der Waals surface area (Å²) in [5.41, 5.74) is 4.91. The molecule has 0 aliphatic heterocycles. The van der Waals surface area contributed by atoms with Crippen molar-refractivity contribution in [2.24, 2.45) is 0 Å². The monoisotopic (exact) mass is 495 g/mol. The summed E-state index contributed by atoms with van der Waals surface area (Å²) in [6.45, 7) is 2.51. The smallest absolute Gasteiger partial charge is 0.244 e. The summed E-state index contributed by atoms with van der Waals surface area (Å²) < 4.78 is 13.7. The van der Waals surface area contributed by atoms with Crippen LogP contribution in [0, 0.1) is 5.82 Å². The zero-order valence-electron chi connectivity index (χ0n) is 21.7. The summed E-state index contributed by atoms with van der Waals surface area (Å²) in [5, 5.41) is 0. The fraction of sp³-hybridized carbons (Fsp3) is 0.250. The number of likely N-dealkylation sites (N-methyl/N-ethyl adjacent to an activating group) is 1. The van der Waals surface area contributed by atoms with Crippen molar-refractivity contribution in [1.29, 1.82) is 0 Å². The molecule has 4 nitrogen and oxygen atoms in total. The number of anilines is 1. The summed E-state index contributed by atoms with van der Waals surface area (Å²) in [6, 6.07) is 30.2. The average Bonchev–Trinajstić information content (AvgIpc) is 2.93. The van der Waals surface area contributed by atoms with Gasteiger partial charge in [0.05, 0.1) is 12.6 Å².